The van der Waals surface area contributed by atoms with Crippen molar-refractivity contribution in [3.8, 4) is 17.2 Å². The molecule has 0 atom stereocenters. The van der Waals surface area contributed by atoms with Crippen molar-refractivity contribution >= 4 is 34.0 Å². The van der Waals surface area contributed by atoms with Crippen LogP contribution >= 0.6 is 0 Å². The Balaban J connectivity index is 1.58. The molecule has 0 fully saturated rings. The lowest BCUT2D eigenvalue weighted by atomic mass is 10.2. The van der Waals surface area contributed by atoms with E-state index in [1.807, 2.05) is 66.7 Å². The average Bonchev–Trinajstić information content (AvgIpc) is 3.22. The van der Waals surface area contributed by atoms with Gasteiger partial charge in [-0.15, -0.1) is 0 Å². The average molecular weight is 386 g/mol. The fourth-order valence-corrected chi connectivity index (χ4v) is 3.20. The van der Waals surface area contributed by atoms with E-state index in [-0.39, 0.29) is 6.79 Å². The highest BCUT2D eigenvalue weighted by Gasteiger charge is 2.15. The topological polar surface area (TPSA) is 77.5 Å². The number of hydrogen-bond donors (Lipinski definition) is 2. The van der Waals surface area contributed by atoms with Gasteiger partial charge in [0.2, 0.25) is 12.7 Å². The van der Waals surface area contributed by atoms with Crippen molar-refractivity contribution in [2.24, 2.45) is 0 Å². The minimum absolute atomic E-state index is 0.230. The van der Waals surface area contributed by atoms with E-state index in [0.717, 1.165) is 22.5 Å². The van der Waals surface area contributed by atoms with Gasteiger partial charge in [-0.2, -0.15) is 4.98 Å². The number of ether oxygens (including phenoxy) is 3. The fraction of sp³-hybridized carbons (Fsp3) is 0.0909. The quantitative estimate of drug-likeness (QED) is 0.507. The van der Waals surface area contributed by atoms with Crippen molar-refractivity contribution in [3.63, 3.8) is 0 Å². The summed E-state index contributed by atoms with van der Waals surface area (Å²) in [6, 6.07) is 21.3. The molecule has 0 bridgehead atoms. The van der Waals surface area contributed by atoms with Gasteiger partial charge < -0.3 is 24.8 Å². The number of para-hydroxylation sites is 2. The number of fused-ring (bicyclic) bond motifs is 2. The third-order valence-electron chi connectivity index (χ3n) is 4.57. The zero-order chi connectivity index (χ0) is 19.6. The molecule has 1 aliphatic rings. The molecule has 2 heterocycles. The van der Waals surface area contributed by atoms with Gasteiger partial charge in [0.15, 0.2) is 11.5 Å². The summed E-state index contributed by atoms with van der Waals surface area (Å²) in [5.74, 6) is 3.22. The van der Waals surface area contributed by atoms with Crippen molar-refractivity contribution in [3.05, 3.63) is 66.7 Å². The summed E-state index contributed by atoms with van der Waals surface area (Å²) in [4.78, 5) is 9.38. The minimum atomic E-state index is 0.230. The first-order valence-electron chi connectivity index (χ1n) is 9.14. The molecule has 1 aliphatic heterocycles. The van der Waals surface area contributed by atoms with E-state index < -0.39 is 0 Å². The molecule has 29 heavy (non-hydrogen) atoms. The van der Waals surface area contributed by atoms with E-state index in [1.165, 1.54) is 0 Å². The van der Waals surface area contributed by atoms with Crippen molar-refractivity contribution in [1.29, 1.82) is 0 Å². The number of rotatable bonds is 5. The van der Waals surface area contributed by atoms with Crippen LogP contribution in [0.1, 0.15) is 0 Å². The standard InChI is InChI=1S/C22H18N4O3/c1-27-18-9-5-8-16-20(18)25-22(26-21(16)23-14-6-3-2-4-7-14)24-15-10-11-17-19(12-15)29-13-28-17/h2-12H,13H2,1H3,(H2,23,24,25,26). The van der Waals surface area contributed by atoms with Crippen molar-refractivity contribution in [1.82, 2.24) is 9.97 Å². The molecule has 1 aromatic heterocycles. The minimum Gasteiger partial charge on any atom is -0.494 e. The van der Waals surface area contributed by atoms with Gasteiger partial charge in [-0.25, -0.2) is 4.98 Å². The maximum atomic E-state index is 5.52. The molecule has 0 aliphatic carbocycles. The Morgan fingerprint density at radius 2 is 1.69 bits per heavy atom. The van der Waals surface area contributed by atoms with Gasteiger partial charge in [0.25, 0.3) is 0 Å². The lowest BCUT2D eigenvalue weighted by molar-refractivity contribution is 0.174. The Morgan fingerprint density at radius 3 is 2.55 bits per heavy atom. The van der Waals surface area contributed by atoms with Crippen molar-refractivity contribution in [2.75, 3.05) is 24.5 Å². The molecule has 0 radical (unpaired) electrons. The summed E-state index contributed by atoms with van der Waals surface area (Å²) in [5, 5.41) is 7.49. The van der Waals surface area contributed by atoms with Gasteiger partial charge in [-0.3, -0.25) is 0 Å². The zero-order valence-electron chi connectivity index (χ0n) is 15.7. The normalized spacial score (nSPS) is 12.0. The number of hydrogen-bond acceptors (Lipinski definition) is 7. The summed E-state index contributed by atoms with van der Waals surface area (Å²) >= 11 is 0. The third-order valence-corrected chi connectivity index (χ3v) is 4.57. The van der Waals surface area contributed by atoms with Crippen LogP contribution in [0.5, 0.6) is 17.2 Å². The Hall–Kier alpha value is -4.00. The molecule has 2 N–H and O–H groups in total. The molecule has 144 valence electrons. The van der Waals surface area contributed by atoms with E-state index in [2.05, 4.69) is 15.6 Å². The smallest absolute Gasteiger partial charge is 0.231 e. The Kier molecular flexibility index (Phi) is 4.25. The number of nitrogens with one attached hydrogen (secondary N) is 2. The summed E-state index contributed by atoms with van der Waals surface area (Å²) in [6.07, 6.45) is 0. The van der Waals surface area contributed by atoms with Gasteiger partial charge in [-0.1, -0.05) is 24.3 Å². The molecule has 0 spiro atoms. The third kappa shape index (κ3) is 3.34. The van der Waals surface area contributed by atoms with E-state index in [0.29, 0.717) is 28.8 Å². The summed E-state index contributed by atoms with van der Waals surface area (Å²) < 4.78 is 16.3. The van der Waals surface area contributed by atoms with Crippen LogP contribution in [-0.2, 0) is 0 Å². The van der Waals surface area contributed by atoms with Crippen LogP contribution in [0, 0.1) is 0 Å². The van der Waals surface area contributed by atoms with Gasteiger partial charge in [0, 0.05) is 22.8 Å². The Labute approximate surface area is 167 Å². The highest BCUT2D eigenvalue weighted by molar-refractivity contribution is 5.95. The molecule has 7 heteroatoms. The maximum Gasteiger partial charge on any atom is 0.231 e. The van der Waals surface area contributed by atoms with Crippen molar-refractivity contribution < 1.29 is 14.2 Å². The molecular formula is C22H18N4O3. The second-order valence-electron chi connectivity index (χ2n) is 6.44. The number of anilines is 4. The number of aromatic nitrogens is 2. The van der Waals surface area contributed by atoms with Crippen molar-refractivity contribution in [2.45, 2.75) is 0 Å². The van der Waals surface area contributed by atoms with Crippen LogP contribution in [0.2, 0.25) is 0 Å². The van der Waals surface area contributed by atoms with Crippen LogP contribution in [0.25, 0.3) is 10.9 Å². The largest absolute Gasteiger partial charge is 0.494 e. The van der Waals surface area contributed by atoms with Gasteiger partial charge in [-0.05, 0) is 36.4 Å². The number of nitrogens with zero attached hydrogens (tertiary/aromatic N) is 2. The second kappa shape index (κ2) is 7.20. The van der Waals surface area contributed by atoms with Crippen LogP contribution in [0.15, 0.2) is 66.7 Å². The molecule has 0 amide bonds. The predicted octanol–water partition coefficient (Wildman–Crippen LogP) is 4.85. The van der Waals surface area contributed by atoms with Gasteiger partial charge in [0.1, 0.15) is 17.1 Å². The van der Waals surface area contributed by atoms with Crippen LogP contribution in [0.4, 0.5) is 23.1 Å². The Bertz CT molecular complexity index is 1180. The van der Waals surface area contributed by atoms with Crippen LogP contribution in [0.3, 0.4) is 0 Å². The van der Waals surface area contributed by atoms with Crippen LogP contribution in [-0.4, -0.2) is 23.9 Å². The van der Waals surface area contributed by atoms with E-state index in [1.54, 1.807) is 7.11 Å². The number of methoxy groups -OCH3 is 1. The highest BCUT2D eigenvalue weighted by atomic mass is 16.7. The van der Waals surface area contributed by atoms with Crippen LogP contribution < -0.4 is 24.8 Å². The van der Waals surface area contributed by atoms with E-state index >= 15 is 0 Å². The zero-order valence-corrected chi connectivity index (χ0v) is 15.7. The van der Waals surface area contributed by atoms with E-state index in [9.17, 15) is 0 Å². The molecule has 4 aromatic rings. The molecule has 5 rings (SSSR count). The molecule has 0 saturated heterocycles. The summed E-state index contributed by atoms with van der Waals surface area (Å²) in [7, 11) is 1.63. The first kappa shape index (κ1) is 17.1. The fourth-order valence-electron chi connectivity index (χ4n) is 3.20. The lowest BCUT2D eigenvalue weighted by Crippen LogP contribution is -2.03. The SMILES string of the molecule is COc1cccc2c(Nc3ccccc3)nc(Nc3ccc4c(c3)OCO4)nc12. The maximum absolute atomic E-state index is 5.52. The van der Waals surface area contributed by atoms with E-state index in [4.69, 9.17) is 19.2 Å². The van der Waals surface area contributed by atoms with Gasteiger partial charge in [0.05, 0.1) is 7.11 Å². The number of benzene rings is 3. The summed E-state index contributed by atoms with van der Waals surface area (Å²) in [5.41, 5.74) is 2.45. The first-order chi connectivity index (χ1) is 14.3. The summed E-state index contributed by atoms with van der Waals surface area (Å²) in [6.45, 7) is 0.230. The molecular weight excluding hydrogens is 368 g/mol. The molecule has 0 saturated carbocycles. The molecule has 3 aromatic carbocycles. The first-order valence-corrected chi connectivity index (χ1v) is 9.14. The monoisotopic (exact) mass is 386 g/mol. The highest BCUT2D eigenvalue weighted by Crippen LogP contribution is 2.36. The molecule has 0 unspecified atom stereocenters. The lowest BCUT2D eigenvalue weighted by Gasteiger charge is -2.13. The second-order valence-corrected chi connectivity index (χ2v) is 6.44. The Morgan fingerprint density at radius 1 is 0.828 bits per heavy atom. The molecule has 7 nitrogen and oxygen atoms in total. The van der Waals surface area contributed by atoms with Gasteiger partial charge >= 0.3 is 0 Å². The predicted molar refractivity (Wildman–Crippen MR) is 112 cm³/mol.